The molecule has 2 nitrogen and oxygen atoms in total. The molecule has 1 rings (SSSR count). The van der Waals surface area contributed by atoms with Crippen LogP contribution in [0.1, 0.15) is 13.8 Å². The molecule has 0 saturated carbocycles. The molecule has 2 N–H and O–H groups in total. The van der Waals surface area contributed by atoms with E-state index >= 15 is 0 Å². The Bertz CT molecular complexity index is 366. The molecule has 0 atom stereocenters. The molecule has 0 aromatic heterocycles. The van der Waals surface area contributed by atoms with Gasteiger partial charge < -0.3 is 10.6 Å². The van der Waals surface area contributed by atoms with E-state index in [0.717, 1.165) is 6.07 Å². The van der Waals surface area contributed by atoms with Gasteiger partial charge in [-0.3, -0.25) is 0 Å². The van der Waals surface area contributed by atoms with Crippen molar-refractivity contribution in [3.8, 4) is 0 Å². The third kappa shape index (κ3) is 3.79. The molecule has 0 spiro atoms. The topological polar surface area (TPSA) is 24.1 Å². The highest BCUT2D eigenvalue weighted by atomic mass is 32.1. The van der Waals surface area contributed by atoms with Crippen LogP contribution >= 0.6 is 12.2 Å². The van der Waals surface area contributed by atoms with Crippen molar-refractivity contribution < 1.29 is 8.78 Å². The second kappa shape index (κ2) is 5.02. The Kier molecular flexibility index (Phi) is 3.96. The van der Waals surface area contributed by atoms with Crippen LogP contribution in [0.2, 0.25) is 0 Å². The van der Waals surface area contributed by atoms with E-state index in [1.165, 1.54) is 12.1 Å². The van der Waals surface area contributed by atoms with Gasteiger partial charge in [0.05, 0.1) is 5.69 Å². The number of nitrogens with one attached hydrogen (secondary N) is 2. The number of rotatable bonds is 2. The fourth-order valence-corrected chi connectivity index (χ4v) is 1.36. The summed E-state index contributed by atoms with van der Waals surface area (Å²) >= 11 is 4.92. The maximum Gasteiger partial charge on any atom is 0.171 e. The highest BCUT2D eigenvalue weighted by Gasteiger charge is 2.05. The molecule has 5 heteroatoms. The third-order valence-corrected chi connectivity index (χ3v) is 1.82. The molecular formula is C10H12F2N2S. The molecule has 0 bridgehead atoms. The van der Waals surface area contributed by atoms with Crippen LogP contribution in [0.15, 0.2) is 18.2 Å². The van der Waals surface area contributed by atoms with Gasteiger partial charge in [0, 0.05) is 12.1 Å². The molecule has 0 radical (unpaired) electrons. The minimum atomic E-state index is -0.664. The van der Waals surface area contributed by atoms with Gasteiger partial charge in [-0.05, 0) is 38.2 Å². The average molecular weight is 230 g/mol. The van der Waals surface area contributed by atoms with Crippen LogP contribution in [-0.4, -0.2) is 11.2 Å². The molecule has 0 amide bonds. The van der Waals surface area contributed by atoms with Gasteiger partial charge >= 0.3 is 0 Å². The van der Waals surface area contributed by atoms with E-state index in [1.54, 1.807) is 0 Å². The molecule has 0 saturated heterocycles. The molecule has 82 valence electrons. The van der Waals surface area contributed by atoms with E-state index < -0.39 is 11.6 Å². The Hall–Kier alpha value is -1.23. The van der Waals surface area contributed by atoms with Crippen LogP contribution in [0.3, 0.4) is 0 Å². The lowest BCUT2D eigenvalue weighted by Gasteiger charge is -2.13. The summed E-state index contributed by atoms with van der Waals surface area (Å²) < 4.78 is 25.7. The van der Waals surface area contributed by atoms with Gasteiger partial charge in [-0.2, -0.15) is 0 Å². The predicted octanol–water partition coefficient (Wildman–Crippen LogP) is 2.66. The number of benzene rings is 1. The zero-order chi connectivity index (χ0) is 11.4. The second-order valence-electron chi connectivity index (χ2n) is 3.38. The van der Waals surface area contributed by atoms with Crippen molar-refractivity contribution in [2.75, 3.05) is 5.32 Å². The first-order chi connectivity index (χ1) is 6.99. The van der Waals surface area contributed by atoms with Crippen LogP contribution < -0.4 is 10.6 Å². The maximum absolute atomic E-state index is 13.2. The van der Waals surface area contributed by atoms with E-state index in [1.807, 2.05) is 13.8 Å². The number of hydrogen-bond donors (Lipinski definition) is 2. The van der Waals surface area contributed by atoms with Gasteiger partial charge in [-0.1, -0.05) is 0 Å². The Morgan fingerprint density at radius 1 is 1.33 bits per heavy atom. The van der Waals surface area contributed by atoms with Crippen LogP contribution in [0.5, 0.6) is 0 Å². The molecule has 1 aromatic carbocycles. The Morgan fingerprint density at radius 2 is 2.00 bits per heavy atom. The van der Waals surface area contributed by atoms with Crippen LogP contribution in [-0.2, 0) is 0 Å². The first kappa shape index (κ1) is 11.8. The summed E-state index contributed by atoms with van der Waals surface area (Å²) in [5, 5.41) is 5.86. The molecule has 0 aliphatic carbocycles. The van der Waals surface area contributed by atoms with Crippen LogP contribution in [0.4, 0.5) is 14.5 Å². The summed E-state index contributed by atoms with van der Waals surface area (Å²) in [6.45, 7) is 3.82. The maximum atomic E-state index is 13.2. The van der Waals surface area contributed by atoms with Crippen molar-refractivity contribution >= 4 is 23.0 Å². The predicted molar refractivity (Wildman–Crippen MR) is 60.9 cm³/mol. The molecule has 0 unspecified atom stereocenters. The van der Waals surface area contributed by atoms with Crippen molar-refractivity contribution in [2.24, 2.45) is 0 Å². The van der Waals surface area contributed by atoms with Gasteiger partial charge in [-0.15, -0.1) is 0 Å². The smallest absolute Gasteiger partial charge is 0.171 e. The SMILES string of the molecule is CC(C)NC(=S)Nc1ccc(F)cc1F. The van der Waals surface area contributed by atoms with Gasteiger partial charge in [0.2, 0.25) is 0 Å². The molecule has 1 aromatic rings. The van der Waals surface area contributed by atoms with Gasteiger partial charge in [0.15, 0.2) is 5.11 Å². The third-order valence-electron chi connectivity index (χ3n) is 1.60. The van der Waals surface area contributed by atoms with E-state index in [2.05, 4.69) is 10.6 Å². The van der Waals surface area contributed by atoms with Crippen LogP contribution in [0, 0.1) is 11.6 Å². The summed E-state index contributed by atoms with van der Waals surface area (Å²) in [4.78, 5) is 0. The van der Waals surface area contributed by atoms with E-state index in [0.29, 0.717) is 5.11 Å². The Morgan fingerprint density at radius 3 is 2.53 bits per heavy atom. The normalized spacial score (nSPS) is 10.2. The molecular weight excluding hydrogens is 218 g/mol. The largest absolute Gasteiger partial charge is 0.360 e. The summed E-state index contributed by atoms with van der Waals surface area (Å²) in [5.74, 6) is -1.27. The van der Waals surface area contributed by atoms with Gasteiger partial charge in [0.1, 0.15) is 11.6 Å². The standard InChI is InChI=1S/C10H12F2N2S/c1-6(2)13-10(15)14-9-4-3-7(11)5-8(9)12/h3-6H,1-2H3,(H2,13,14,15). The zero-order valence-electron chi connectivity index (χ0n) is 8.47. The molecule has 0 aliphatic rings. The number of anilines is 1. The van der Waals surface area contributed by atoms with Crippen molar-refractivity contribution in [2.45, 2.75) is 19.9 Å². The summed E-state index contributed by atoms with van der Waals surface area (Å²) in [5.41, 5.74) is 0.162. The summed E-state index contributed by atoms with van der Waals surface area (Å²) in [6, 6.07) is 3.44. The molecule has 15 heavy (non-hydrogen) atoms. The quantitative estimate of drug-likeness (QED) is 0.764. The van der Waals surface area contributed by atoms with Crippen LogP contribution in [0.25, 0.3) is 0 Å². The first-order valence-corrected chi connectivity index (χ1v) is 4.92. The van der Waals surface area contributed by atoms with E-state index in [4.69, 9.17) is 12.2 Å². The molecule has 0 aliphatic heterocycles. The fourth-order valence-electron chi connectivity index (χ4n) is 1.01. The fraction of sp³-hybridized carbons (Fsp3) is 0.300. The van der Waals surface area contributed by atoms with Gasteiger partial charge in [-0.25, -0.2) is 8.78 Å². The highest BCUT2D eigenvalue weighted by Crippen LogP contribution is 2.14. The zero-order valence-corrected chi connectivity index (χ0v) is 9.29. The van der Waals surface area contributed by atoms with E-state index in [-0.39, 0.29) is 11.7 Å². The monoisotopic (exact) mass is 230 g/mol. The average Bonchev–Trinajstić information content (AvgIpc) is 2.08. The van der Waals surface area contributed by atoms with E-state index in [9.17, 15) is 8.78 Å². The lowest BCUT2D eigenvalue weighted by atomic mass is 10.3. The van der Waals surface area contributed by atoms with Crippen molar-refractivity contribution in [1.29, 1.82) is 0 Å². The number of halogens is 2. The van der Waals surface area contributed by atoms with Crippen molar-refractivity contribution in [1.82, 2.24) is 5.32 Å². The Labute approximate surface area is 92.7 Å². The first-order valence-electron chi connectivity index (χ1n) is 4.51. The van der Waals surface area contributed by atoms with Gasteiger partial charge in [0.25, 0.3) is 0 Å². The highest BCUT2D eigenvalue weighted by molar-refractivity contribution is 7.80. The lowest BCUT2D eigenvalue weighted by Crippen LogP contribution is -2.34. The lowest BCUT2D eigenvalue weighted by molar-refractivity contribution is 0.586. The minimum Gasteiger partial charge on any atom is -0.360 e. The number of thiocarbonyl (C=S) groups is 1. The molecule has 0 heterocycles. The van der Waals surface area contributed by atoms with Crippen molar-refractivity contribution in [3.63, 3.8) is 0 Å². The number of hydrogen-bond acceptors (Lipinski definition) is 1. The summed E-state index contributed by atoms with van der Waals surface area (Å²) in [6.07, 6.45) is 0. The molecule has 0 fully saturated rings. The summed E-state index contributed by atoms with van der Waals surface area (Å²) in [7, 11) is 0. The second-order valence-corrected chi connectivity index (χ2v) is 3.79. The minimum absolute atomic E-state index is 0.161. The van der Waals surface area contributed by atoms with Crippen molar-refractivity contribution in [3.05, 3.63) is 29.8 Å². The Balaban J connectivity index is 2.68.